The Bertz CT molecular complexity index is 675. The molecule has 0 saturated heterocycles. The van der Waals surface area contributed by atoms with Gasteiger partial charge >= 0.3 is 0 Å². The molecule has 0 atom stereocenters. The van der Waals surface area contributed by atoms with E-state index in [0.29, 0.717) is 21.8 Å². The highest BCUT2D eigenvalue weighted by molar-refractivity contribution is 7.14. The first kappa shape index (κ1) is 11.7. The van der Waals surface area contributed by atoms with Crippen molar-refractivity contribution in [3.63, 3.8) is 0 Å². The molecule has 18 heavy (non-hydrogen) atoms. The molecule has 0 aliphatic heterocycles. The lowest BCUT2D eigenvalue weighted by Gasteiger charge is -1.95. The van der Waals surface area contributed by atoms with Gasteiger partial charge in [-0.1, -0.05) is 23.2 Å². The van der Waals surface area contributed by atoms with Crippen molar-refractivity contribution >= 4 is 34.5 Å². The van der Waals surface area contributed by atoms with Crippen LogP contribution in [-0.4, -0.2) is 9.97 Å². The van der Waals surface area contributed by atoms with E-state index in [1.54, 1.807) is 24.5 Å². The topological polar surface area (TPSA) is 38.9 Å². The van der Waals surface area contributed by atoms with Gasteiger partial charge in [-0.05, 0) is 23.6 Å². The van der Waals surface area contributed by atoms with Crippen molar-refractivity contribution in [2.45, 2.75) is 0 Å². The molecule has 0 aliphatic rings. The maximum Gasteiger partial charge on any atom is 0.228 e. The molecule has 0 N–H and O–H groups in total. The highest BCUT2D eigenvalue weighted by Crippen LogP contribution is 2.35. The third-order valence-corrected chi connectivity index (χ3v) is 3.90. The Kier molecular flexibility index (Phi) is 3.07. The van der Waals surface area contributed by atoms with E-state index < -0.39 is 0 Å². The SMILES string of the molecule is Clc1ccc(-c2ncc(-c3sccc3Cl)o2)cn1. The number of aromatic nitrogens is 2. The Labute approximate surface area is 117 Å². The van der Waals surface area contributed by atoms with Gasteiger partial charge in [0.25, 0.3) is 0 Å². The van der Waals surface area contributed by atoms with E-state index in [0.717, 1.165) is 10.4 Å². The molecule has 0 aromatic carbocycles. The van der Waals surface area contributed by atoms with Crippen molar-refractivity contribution < 1.29 is 4.42 Å². The average molecular weight is 297 g/mol. The fourth-order valence-corrected chi connectivity index (χ4v) is 2.69. The highest BCUT2D eigenvalue weighted by atomic mass is 35.5. The molecular weight excluding hydrogens is 291 g/mol. The third kappa shape index (κ3) is 2.14. The molecule has 3 aromatic rings. The molecule has 3 aromatic heterocycles. The average Bonchev–Trinajstić information content (AvgIpc) is 2.98. The second kappa shape index (κ2) is 4.72. The smallest absolute Gasteiger partial charge is 0.228 e. The van der Waals surface area contributed by atoms with Crippen LogP contribution in [0.25, 0.3) is 22.1 Å². The quantitative estimate of drug-likeness (QED) is 0.639. The second-order valence-corrected chi connectivity index (χ2v) is 5.21. The zero-order chi connectivity index (χ0) is 12.5. The minimum absolute atomic E-state index is 0.437. The Morgan fingerprint density at radius 3 is 2.61 bits per heavy atom. The monoisotopic (exact) mass is 296 g/mol. The standard InChI is InChI=1S/C12H6Cl2N2OS/c13-8-3-4-18-11(8)9-6-16-12(17-9)7-1-2-10(14)15-5-7/h1-6H. The van der Waals surface area contributed by atoms with Gasteiger partial charge in [0.2, 0.25) is 5.89 Å². The number of rotatable bonds is 2. The van der Waals surface area contributed by atoms with E-state index in [-0.39, 0.29) is 0 Å². The number of thiophene rings is 1. The maximum atomic E-state index is 6.04. The fraction of sp³-hybridized carbons (Fsp3) is 0. The van der Waals surface area contributed by atoms with Crippen LogP contribution in [0.3, 0.4) is 0 Å². The van der Waals surface area contributed by atoms with Gasteiger partial charge in [-0.15, -0.1) is 11.3 Å². The molecule has 0 aliphatic carbocycles. The van der Waals surface area contributed by atoms with Crippen molar-refractivity contribution in [1.29, 1.82) is 0 Å². The molecule has 3 rings (SSSR count). The molecule has 3 heterocycles. The number of nitrogens with zero attached hydrogens (tertiary/aromatic N) is 2. The summed E-state index contributed by atoms with van der Waals surface area (Å²) in [7, 11) is 0. The minimum Gasteiger partial charge on any atom is -0.435 e. The summed E-state index contributed by atoms with van der Waals surface area (Å²) in [6, 6.07) is 5.33. The van der Waals surface area contributed by atoms with Crippen LogP contribution in [0.2, 0.25) is 10.2 Å². The van der Waals surface area contributed by atoms with Crippen LogP contribution in [0.15, 0.2) is 40.4 Å². The molecule has 0 unspecified atom stereocenters. The van der Waals surface area contributed by atoms with Gasteiger partial charge in [-0.25, -0.2) is 9.97 Å². The molecule has 0 amide bonds. The molecule has 0 fully saturated rings. The number of hydrogen-bond acceptors (Lipinski definition) is 4. The van der Waals surface area contributed by atoms with E-state index >= 15 is 0 Å². The summed E-state index contributed by atoms with van der Waals surface area (Å²) in [4.78, 5) is 9.07. The van der Waals surface area contributed by atoms with E-state index in [1.807, 2.05) is 11.4 Å². The summed E-state index contributed by atoms with van der Waals surface area (Å²) in [5, 5.41) is 3.01. The first-order valence-electron chi connectivity index (χ1n) is 5.05. The van der Waals surface area contributed by atoms with Gasteiger partial charge in [0, 0.05) is 6.20 Å². The number of halogens is 2. The van der Waals surface area contributed by atoms with Crippen LogP contribution >= 0.6 is 34.5 Å². The molecule has 0 bridgehead atoms. The summed E-state index contributed by atoms with van der Waals surface area (Å²) < 4.78 is 5.67. The molecule has 3 nitrogen and oxygen atoms in total. The lowest BCUT2D eigenvalue weighted by atomic mass is 10.3. The molecule has 0 spiro atoms. The van der Waals surface area contributed by atoms with E-state index in [9.17, 15) is 0 Å². The number of pyridine rings is 1. The van der Waals surface area contributed by atoms with Gasteiger partial charge in [0.1, 0.15) is 5.15 Å². The predicted octanol–water partition coefficient (Wildman–Crippen LogP) is 4.77. The summed E-state index contributed by atoms with van der Waals surface area (Å²) in [5.74, 6) is 1.15. The fourth-order valence-electron chi connectivity index (χ4n) is 1.48. The first-order chi connectivity index (χ1) is 8.74. The molecule has 90 valence electrons. The summed E-state index contributed by atoms with van der Waals surface area (Å²) in [6.07, 6.45) is 3.27. The highest BCUT2D eigenvalue weighted by Gasteiger charge is 2.12. The van der Waals surface area contributed by atoms with Gasteiger partial charge in [-0.3, -0.25) is 0 Å². The Balaban J connectivity index is 1.99. The number of oxazole rings is 1. The zero-order valence-electron chi connectivity index (χ0n) is 8.93. The first-order valence-corrected chi connectivity index (χ1v) is 6.69. The number of hydrogen-bond donors (Lipinski definition) is 0. The molecule has 0 saturated carbocycles. The summed E-state index contributed by atoms with van der Waals surface area (Å²) >= 11 is 13.3. The van der Waals surface area contributed by atoms with Crippen molar-refractivity contribution in [2.24, 2.45) is 0 Å². The van der Waals surface area contributed by atoms with Crippen molar-refractivity contribution in [3.05, 3.63) is 46.1 Å². The summed E-state index contributed by atoms with van der Waals surface area (Å²) in [6.45, 7) is 0. The zero-order valence-corrected chi connectivity index (χ0v) is 11.3. The summed E-state index contributed by atoms with van der Waals surface area (Å²) in [5.41, 5.74) is 0.776. The largest absolute Gasteiger partial charge is 0.435 e. The van der Waals surface area contributed by atoms with E-state index in [1.165, 1.54) is 11.3 Å². The Morgan fingerprint density at radius 2 is 1.94 bits per heavy atom. The maximum absolute atomic E-state index is 6.04. The molecular formula is C12H6Cl2N2OS. The van der Waals surface area contributed by atoms with E-state index in [4.69, 9.17) is 27.6 Å². The van der Waals surface area contributed by atoms with Gasteiger partial charge < -0.3 is 4.42 Å². The lowest BCUT2D eigenvalue weighted by molar-refractivity contribution is 0.590. The van der Waals surface area contributed by atoms with Crippen LogP contribution in [-0.2, 0) is 0 Å². The van der Waals surface area contributed by atoms with E-state index in [2.05, 4.69) is 9.97 Å². The van der Waals surface area contributed by atoms with Crippen LogP contribution in [0, 0.1) is 0 Å². The Hall–Kier alpha value is -1.36. The third-order valence-electron chi connectivity index (χ3n) is 2.32. The lowest BCUT2D eigenvalue weighted by Crippen LogP contribution is -1.79. The van der Waals surface area contributed by atoms with Gasteiger partial charge in [0.15, 0.2) is 5.76 Å². The van der Waals surface area contributed by atoms with Crippen LogP contribution < -0.4 is 0 Å². The van der Waals surface area contributed by atoms with Gasteiger partial charge in [0.05, 0.1) is 21.7 Å². The van der Waals surface area contributed by atoms with Crippen LogP contribution in [0.1, 0.15) is 0 Å². The van der Waals surface area contributed by atoms with Gasteiger partial charge in [-0.2, -0.15) is 0 Å². The Morgan fingerprint density at radius 1 is 1.06 bits per heavy atom. The minimum atomic E-state index is 0.437. The molecule has 6 heteroatoms. The van der Waals surface area contributed by atoms with Crippen LogP contribution in [0.4, 0.5) is 0 Å². The van der Waals surface area contributed by atoms with Crippen molar-refractivity contribution in [2.75, 3.05) is 0 Å². The van der Waals surface area contributed by atoms with Crippen molar-refractivity contribution in [3.8, 4) is 22.1 Å². The molecule has 0 radical (unpaired) electrons. The predicted molar refractivity (Wildman–Crippen MR) is 73.1 cm³/mol. The second-order valence-electron chi connectivity index (χ2n) is 3.50. The normalized spacial score (nSPS) is 10.8. The van der Waals surface area contributed by atoms with Crippen molar-refractivity contribution in [1.82, 2.24) is 9.97 Å². The van der Waals surface area contributed by atoms with Crippen LogP contribution in [0.5, 0.6) is 0 Å².